The third-order valence-electron chi connectivity index (χ3n) is 3.22. The zero-order valence-electron chi connectivity index (χ0n) is 10.4. The van der Waals surface area contributed by atoms with Gasteiger partial charge in [-0.15, -0.1) is 11.8 Å². The van der Waals surface area contributed by atoms with E-state index in [0.29, 0.717) is 5.25 Å². The first kappa shape index (κ1) is 12.9. The average Bonchev–Trinajstić information content (AvgIpc) is 2.40. The maximum Gasteiger partial charge on any atom is 0.0476 e. The smallest absolute Gasteiger partial charge is 0.0476 e. The molecule has 0 amide bonds. The van der Waals surface area contributed by atoms with E-state index in [1.165, 1.54) is 10.5 Å². The van der Waals surface area contributed by atoms with E-state index in [0.717, 1.165) is 32.5 Å². The Bertz CT molecular complexity index is 350. The molecule has 2 rings (SSSR count). The summed E-state index contributed by atoms with van der Waals surface area (Å²) >= 11 is 1.97. The first-order valence-electron chi connectivity index (χ1n) is 6.40. The van der Waals surface area contributed by atoms with E-state index < -0.39 is 0 Å². The first-order valence-corrected chi connectivity index (χ1v) is 7.28. The minimum atomic E-state index is 0.165. The molecule has 1 aromatic carbocycles. The molecule has 1 fully saturated rings. The minimum Gasteiger partial charge on any atom is -0.381 e. The van der Waals surface area contributed by atoms with Crippen molar-refractivity contribution in [1.82, 2.24) is 0 Å². The number of rotatable bonds is 4. The molecule has 0 radical (unpaired) electrons. The monoisotopic (exact) mass is 251 g/mol. The number of benzene rings is 1. The van der Waals surface area contributed by atoms with Crippen molar-refractivity contribution in [3.63, 3.8) is 0 Å². The van der Waals surface area contributed by atoms with Gasteiger partial charge >= 0.3 is 0 Å². The van der Waals surface area contributed by atoms with Crippen molar-refractivity contribution < 1.29 is 4.74 Å². The summed E-state index contributed by atoms with van der Waals surface area (Å²) in [6.07, 6.45) is 3.30. The van der Waals surface area contributed by atoms with Crippen molar-refractivity contribution in [3.05, 3.63) is 29.8 Å². The van der Waals surface area contributed by atoms with Gasteiger partial charge in [-0.1, -0.05) is 25.1 Å². The summed E-state index contributed by atoms with van der Waals surface area (Å²) in [5, 5.41) is 0.689. The van der Waals surface area contributed by atoms with Crippen LogP contribution in [0.5, 0.6) is 0 Å². The van der Waals surface area contributed by atoms with E-state index in [1.54, 1.807) is 0 Å². The highest BCUT2D eigenvalue weighted by atomic mass is 32.2. The Morgan fingerprint density at radius 1 is 1.35 bits per heavy atom. The van der Waals surface area contributed by atoms with Crippen molar-refractivity contribution in [2.24, 2.45) is 5.73 Å². The van der Waals surface area contributed by atoms with Crippen LogP contribution in [0.3, 0.4) is 0 Å². The molecule has 94 valence electrons. The number of hydrogen-bond acceptors (Lipinski definition) is 3. The fourth-order valence-electron chi connectivity index (χ4n) is 2.09. The lowest BCUT2D eigenvalue weighted by Crippen LogP contribution is -2.18. The molecule has 1 atom stereocenters. The van der Waals surface area contributed by atoms with Crippen LogP contribution in [0.25, 0.3) is 0 Å². The minimum absolute atomic E-state index is 0.165. The van der Waals surface area contributed by atoms with Crippen molar-refractivity contribution in [3.8, 4) is 0 Å². The Balaban J connectivity index is 2.08. The normalized spacial score (nSPS) is 19.2. The Labute approximate surface area is 108 Å². The number of thioether (sulfide) groups is 1. The number of nitrogens with two attached hydrogens (primary N) is 1. The summed E-state index contributed by atoms with van der Waals surface area (Å²) in [7, 11) is 0. The highest BCUT2D eigenvalue weighted by molar-refractivity contribution is 8.00. The third kappa shape index (κ3) is 3.47. The highest BCUT2D eigenvalue weighted by Crippen LogP contribution is 2.34. The van der Waals surface area contributed by atoms with Crippen LogP contribution in [0.2, 0.25) is 0 Å². The van der Waals surface area contributed by atoms with Crippen LogP contribution in [0.15, 0.2) is 29.2 Å². The summed E-state index contributed by atoms with van der Waals surface area (Å²) in [6, 6.07) is 8.71. The molecule has 0 spiro atoms. The lowest BCUT2D eigenvalue weighted by atomic mass is 10.1. The SMILES string of the molecule is CC[C@@H](N)c1ccccc1SC1CCOCC1. The maximum atomic E-state index is 6.16. The van der Waals surface area contributed by atoms with E-state index in [9.17, 15) is 0 Å². The van der Waals surface area contributed by atoms with Crippen LogP contribution in [0.4, 0.5) is 0 Å². The molecule has 17 heavy (non-hydrogen) atoms. The maximum absolute atomic E-state index is 6.16. The fraction of sp³-hybridized carbons (Fsp3) is 0.571. The van der Waals surface area contributed by atoms with Crippen molar-refractivity contribution in [2.45, 2.75) is 42.4 Å². The molecular weight excluding hydrogens is 230 g/mol. The predicted octanol–water partition coefficient (Wildman–Crippen LogP) is 3.37. The van der Waals surface area contributed by atoms with Gasteiger partial charge in [0.1, 0.15) is 0 Å². The second kappa shape index (κ2) is 6.43. The first-order chi connectivity index (χ1) is 8.31. The predicted molar refractivity (Wildman–Crippen MR) is 73.4 cm³/mol. The van der Waals surface area contributed by atoms with Gasteiger partial charge in [-0.05, 0) is 30.9 Å². The van der Waals surface area contributed by atoms with Crippen molar-refractivity contribution in [2.75, 3.05) is 13.2 Å². The van der Waals surface area contributed by atoms with Crippen LogP contribution >= 0.6 is 11.8 Å². The van der Waals surface area contributed by atoms with Gasteiger partial charge in [-0.2, -0.15) is 0 Å². The molecule has 1 heterocycles. The van der Waals surface area contributed by atoms with Crippen LogP contribution in [-0.2, 0) is 4.74 Å². The molecule has 3 heteroatoms. The summed E-state index contributed by atoms with van der Waals surface area (Å²) in [5.41, 5.74) is 7.46. The molecule has 2 N–H and O–H groups in total. The van der Waals surface area contributed by atoms with E-state index >= 15 is 0 Å². The molecule has 2 nitrogen and oxygen atoms in total. The number of hydrogen-bond donors (Lipinski definition) is 1. The van der Waals surface area contributed by atoms with Crippen molar-refractivity contribution in [1.29, 1.82) is 0 Å². The molecule has 1 aliphatic heterocycles. The molecule has 0 aliphatic carbocycles. The summed E-state index contributed by atoms with van der Waals surface area (Å²) in [4.78, 5) is 1.36. The second-order valence-electron chi connectivity index (χ2n) is 4.48. The summed E-state index contributed by atoms with van der Waals surface area (Å²) < 4.78 is 5.40. The topological polar surface area (TPSA) is 35.2 Å². The Morgan fingerprint density at radius 2 is 2.06 bits per heavy atom. The standard InChI is InChI=1S/C14H21NOS/c1-2-13(15)12-5-3-4-6-14(12)17-11-7-9-16-10-8-11/h3-6,11,13H,2,7-10,15H2,1H3/t13-/m1/s1. The zero-order chi connectivity index (χ0) is 12.1. The Kier molecular flexibility index (Phi) is 4.89. The van der Waals surface area contributed by atoms with E-state index in [2.05, 4.69) is 31.2 Å². The van der Waals surface area contributed by atoms with Crippen LogP contribution in [-0.4, -0.2) is 18.5 Å². The van der Waals surface area contributed by atoms with Gasteiger partial charge in [0.05, 0.1) is 0 Å². The molecule has 0 aromatic heterocycles. The van der Waals surface area contributed by atoms with E-state index in [-0.39, 0.29) is 6.04 Å². The third-order valence-corrected chi connectivity index (χ3v) is 4.65. The van der Waals surface area contributed by atoms with Crippen LogP contribution in [0, 0.1) is 0 Å². The Hall–Kier alpha value is -0.510. The van der Waals surface area contributed by atoms with Gasteiger partial charge in [0.15, 0.2) is 0 Å². The van der Waals surface area contributed by atoms with E-state index in [4.69, 9.17) is 10.5 Å². The lowest BCUT2D eigenvalue weighted by Gasteiger charge is -2.23. The zero-order valence-corrected chi connectivity index (χ0v) is 11.2. The molecule has 1 aromatic rings. The van der Waals surface area contributed by atoms with Gasteiger partial charge in [0, 0.05) is 29.4 Å². The van der Waals surface area contributed by atoms with Gasteiger partial charge in [-0.3, -0.25) is 0 Å². The Morgan fingerprint density at radius 3 is 2.76 bits per heavy atom. The van der Waals surface area contributed by atoms with Crippen LogP contribution in [0.1, 0.15) is 37.8 Å². The summed E-state index contributed by atoms with van der Waals surface area (Å²) in [6.45, 7) is 3.94. The van der Waals surface area contributed by atoms with Gasteiger partial charge < -0.3 is 10.5 Å². The lowest BCUT2D eigenvalue weighted by molar-refractivity contribution is 0.1000. The van der Waals surface area contributed by atoms with Gasteiger partial charge in [-0.25, -0.2) is 0 Å². The molecule has 1 aliphatic rings. The average molecular weight is 251 g/mol. The highest BCUT2D eigenvalue weighted by Gasteiger charge is 2.17. The fourth-order valence-corrected chi connectivity index (χ4v) is 3.39. The molecule has 0 unspecified atom stereocenters. The molecule has 1 saturated heterocycles. The molecular formula is C14H21NOS. The molecule has 0 bridgehead atoms. The largest absolute Gasteiger partial charge is 0.381 e. The summed E-state index contributed by atoms with van der Waals surface area (Å²) in [5.74, 6) is 0. The van der Waals surface area contributed by atoms with Crippen LogP contribution < -0.4 is 5.73 Å². The van der Waals surface area contributed by atoms with Gasteiger partial charge in [0.25, 0.3) is 0 Å². The van der Waals surface area contributed by atoms with Crippen molar-refractivity contribution >= 4 is 11.8 Å². The quantitative estimate of drug-likeness (QED) is 0.891. The molecule has 0 saturated carbocycles. The van der Waals surface area contributed by atoms with E-state index in [1.807, 2.05) is 11.8 Å². The number of ether oxygens (including phenoxy) is 1. The van der Waals surface area contributed by atoms with Gasteiger partial charge in [0.2, 0.25) is 0 Å². The second-order valence-corrected chi connectivity index (χ2v) is 5.82.